The van der Waals surface area contributed by atoms with E-state index in [1.54, 1.807) is 12.1 Å². The molecule has 0 amide bonds. The van der Waals surface area contributed by atoms with Crippen LogP contribution >= 0.6 is 0 Å². The summed E-state index contributed by atoms with van der Waals surface area (Å²) >= 11 is 0. The fraction of sp³-hybridized carbons (Fsp3) is 0.286. The fourth-order valence-corrected chi connectivity index (χ4v) is 2.80. The lowest BCUT2D eigenvalue weighted by Gasteiger charge is -2.17. The molecular formula is C21H25ClN2O5. The van der Waals surface area contributed by atoms with Gasteiger partial charge in [-0.15, -0.1) is 0 Å². The number of aliphatic hydroxyl groups is 1. The Morgan fingerprint density at radius 2 is 1.97 bits per heavy atom. The summed E-state index contributed by atoms with van der Waals surface area (Å²) in [5.41, 5.74) is 1.26. The molecule has 3 N–H and O–H groups in total. The van der Waals surface area contributed by atoms with E-state index in [1.807, 2.05) is 42.6 Å². The highest BCUT2D eigenvalue weighted by Crippen LogP contribution is 2.27. The van der Waals surface area contributed by atoms with Gasteiger partial charge in [-0.1, -0.05) is 42.5 Å². The van der Waals surface area contributed by atoms with E-state index in [4.69, 9.17) is 4.74 Å². The number of rotatable bonds is 10. The standard InChI is InChI=1S/C21H24N2O5.ClH/c1-15(21(25)17-6-4-3-5-7-17)22-13-12-18(24)10-8-16-9-11-20(28-2)19(14-16)23(26)27;/h3-11,14-15,21-22,25H,12-13H2,1-2H3;1H/b10-8+;. The highest BCUT2D eigenvalue weighted by atomic mass is 35.5. The number of carbonyl (C=O) groups is 1. The van der Waals surface area contributed by atoms with E-state index in [9.17, 15) is 20.0 Å². The van der Waals surface area contributed by atoms with E-state index in [2.05, 4.69) is 0 Å². The minimum atomic E-state index is -0.605. The zero-order valence-corrected chi connectivity index (χ0v) is 17.1. The highest BCUT2D eigenvalue weighted by molar-refractivity contribution is 5.93. The Morgan fingerprint density at radius 3 is 2.59 bits per heavy atom. The van der Waals surface area contributed by atoms with Crippen LogP contribution in [0.25, 0.3) is 6.08 Å². The highest BCUT2D eigenvalue weighted by Gasteiger charge is 2.19. The first-order valence-electron chi connectivity index (χ1n) is 9.02. The second-order valence-corrected chi connectivity index (χ2v) is 6.48. The van der Waals surface area contributed by atoms with Crippen molar-refractivity contribution in [3.8, 4) is 5.75 Å². The van der Waals surface area contributed by atoms with Gasteiger partial charge in [0.05, 0.1) is 25.0 Å². The number of hydrogen-bond acceptors (Lipinski definition) is 5. The van der Waals surface area contributed by atoms with Crippen molar-refractivity contribution in [2.75, 3.05) is 13.7 Å². The molecule has 0 radical (unpaired) electrons. The summed E-state index contributed by atoms with van der Waals surface area (Å²) in [6.07, 6.45) is 2.67. The molecule has 0 saturated heterocycles. The van der Waals surface area contributed by atoms with E-state index in [0.717, 1.165) is 5.56 Å². The molecule has 0 aromatic heterocycles. The van der Waals surface area contributed by atoms with Gasteiger partial charge in [-0.3, -0.25) is 14.9 Å². The van der Waals surface area contributed by atoms with Crippen LogP contribution in [0.4, 0.5) is 5.69 Å². The number of nitrogens with zero attached hydrogens (tertiary/aromatic N) is 1. The van der Waals surface area contributed by atoms with Gasteiger partial charge in [0, 0.05) is 6.07 Å². The number of hydrogen-bond donors (Lipinski definition) is 2. The van der Waals surface area contributed by atoms with E-state index >= 15 is 0 Å². The first-order chi connectivity index (χ1) is 13.4. The van der Waals surface area contributed by atoms with E-state index < -0.39 is 11.0 Å². The molecule has 7 nitrogen and oxygen atoms in total. The number of carbonyl (C=O) groups excluding carboxylic acids is 1. The number of nitrogens with two attached hydrogens (primary N) is 1. The topological polar surface area (TPSA) is 106 Å². The number of allylic oxidation sites excluding steroid dienone is 1. The lowest BCUT2D eigenvalue weighted by Crippen LogP contribution is -3.00. The molecule has 8 heteroatoms. The number of halogens is 1. The molecule has 0 aliphatic carbocycles. The molecule has 2 atom stereocenters. The van der Waals surface area contributed by atoms with Crippen LogP contribution < -0.4 is 22.5 Å². The van der Waals surface area contributed by atoms with Crippen molar-refractivity contribution in [1.82, 2.24) is 0 Å². The van der Waals surface area contributed by atoms with Crippen molar-refractivity contribution in [2.24, 2.45) is 0 Å². The zero-order chi connectivity index (χ0) is 20.5. The van der Waals surface area contributed by atoms with Crippen molar-refractivity contribution in [3.63, 3.8) is 0 Å². The second kappa shape index (κ2) is 12.0. The number of nitro benzene ring substituents is 1. The summed E-state index contributed by atoms with van der Waals surface area (Å²) in [5, 5.41) is 23.3. The van der Waals surface area contributed by atoms with Gasteiger partial charge in [-0.2, -0.15) is 0 Å². The Labute approximate surface area is 176 Å². The van der Waals surface area contributed by atoms with Crippen LogP contribution in [0.1, 0.15) is 30.6 Å². The third-order valence-electron chi connectivity index (χ3n) is 4.43. The number of benzene rings is 2. The van der Waals surface area contributed by atoms with Gasteiger partial charge < -0.3 is 27.6 Å². The first kappa shape index (κ1) is 24.3. The fourth-order valence-electron chi connectivity index (χ4n) is 2.80. The summed E-state index contributed by atoms with van der Waals surface area (Å²) in [4.78, 5) is 22.6. The number of nitro groups is 1. The summed E-state index contributed by atoms with van der Waals surface area (Å²) in [6, 6.07) is 13.8. The Hall–Kier alpha value is -2.74. The largest absolute Gasteiger partial charge is 1.00 e. The summed E-state index contributed by atoms with van der Waals surface area (Å²) in [6.45, 7) is 2.45. The van der Waals surface area contributed by atoms with Crippen molar-refractivity contribution in [3.05, 3.63) is 75.8 Å². The maximum absolute atomic E-state index is 12.1. The molecule has 2 unspecified atom stereocenters. The maximum Gasteiger partial charge on any atom is 0.311 e. The normalized spacial score (nSPS) is 12.8. The van der Waals surface area contributed by atoms with Gasteiger partial charge in [-0.25, -0.2) is 0 Å². The van der Waals surface area contributed by atoms with Crippen LogP contribution in [0.15, 0.2) is 54.6 Å². The van der Waals surface area contributed by atoms with Gasteiger partial charge in [-0.05, 0) is 30.2 Å². The average Bonchev–Trinajstić information content (AvgIpc) is 2.71. The van der Waals surface area contributed by atoms with Crippen LogP contribution in [0.2, 0.25) is 0 Å². The molecular weight excluding hydrogens is 396 g/mol. The van der Waals surface area contributed by atoms with Crippen LogP contribution in [0, 0.1) is 10.1 Å². The van der Waals surface area contributed by atoms with Crippen LogP contribution in [0.5, 0.6) is 5.75 Å². The van der Waals surface area contributed by atoms with Crippen LogP contribution in [-0.4, -0.2) is 35.5 Å². The third kappa shape index (κ3) is 7.30. The molecule has 0 heterocycles. The zero-order valence-electron chi connectivity index (χ0n) is 16.3. The molecule has 0 saturated carbocycles. The van der Waals surface area contributed by atoms with E-state index in [-0.39, 0.29) is 35.7 Å². The number of ketones is 1. The molecule has 2 aromatic rings. The third-order valence-corrected chi connectivity index (χ3v) is 4.43. The Bertz CT molecular complexity index is 842. The monoisotopic (exact) mass is 420 g/mol. The number of ether oxygens (including phenoxy) is 1. The SMILES string of the molecule is COc1ccc(/C=C/C(=O)CC[NH2+]C(C)C(O)c2ccccc2)cc1[N+](=O)[O-].[Cl-]. The van der Waals surface area contributed by atoms with Gasteiger partial charge in [0.2, 0.25) is 0 Å². The maximum atomic E-state index is 12.1. The van der Waals surface area contributed by atoms with E-state index in [0.29, 0.717) is 18.5 Å². The molecule has 156 valence electrons. The molecule has 0 aliphatic rings. The molecule has 0 fully saturated rings. The lowest BCUT2D eigenvalue weighted by molar-refractivity contribution is -0.693. The van der Waals surface area contributed by atoms with Crippen molar-refractivity contribution in [1.29, 1.82) is 0 Å². The van der Waals surface area contributed by atoms with Gasteiger partial charge in [0.25, 0.3) is 0 Å². The molecule has 0 bridgehead atoms. The van der Waals surface area contributed by atoms with Gasteiger partial charge in [0.1, 0.15) is 12.1 Å². The van der Waals surface area contributed by atoms with E-state index in [1.165, 1.54) is 25.3 Å². The molecule has 0 aliphatic heterocycles. The first-order valence-corrected chi connectivity index (χ1v) is 9.02. The van der Waals surface area contributed by atoms with Crippen LogP contribution in [0.3, 0.4) is 0 Å². The van der Waals surface area contributed by atoms with Crippen molar-refractivity contribution < 1.29 is 37.3 Å². The molecule has 2 aromatic carbocycles. The van der Waals surface area contributed by atoms with Crippen molar-refractivity contribution >= 4 is 17.5 Å². The average molecular weight is 421 g/mol. The van der Waals surface area contributed by atoms with Crippen LogP contribution in [-0.2, 0) is 4.79 Å². The Kier molecular flexibility index (Phi) is 10.0. The predicted molar refractivity (Wildman–Crippen MR) is 106 cm³/mol. The smallest absolute Gasteiger partial charge is 0.311 e. The quantitative estimate of drug-likeness (QED) is 0.299. The minimum Gasteiger partial charge on any atom is -1.00 e. The lowest BCUT2D eigenvalue weighted by atomic mass is 10.0. The molecule has 0 spiro atoms. The number of aliphatic hydroxyl groups excluding tert-OH is 1. The van der Waals surface area contributed by atoms with Crippen molar-refractivity contribution in [2.45, 2.75) is 25.5 Å². The van der Waals surface area contributed by atoms with Gasteiger partial charge >= 0.3 is 5.69 Å². The summed E-state index contributed by atoms with van der Waals surface area (Å²) in [5.74, 6) is 0.0881. The van der Waals surface area contributed by atoms with Gasteiger partial charge in [0.15, 0.2) is 11.5 Å². The summed E-state index contributed by atoms with van der Waals surface area (Å²) < 4.78 is 4.96. The molecule has 29 heavy (non-hydrogen) atoms. The summed E-state index contributed by atoms with van der Waals surface area (Å²) in [7, 11) is 1.37. The second-order valence-electron chi connectivity index (χ2n) is 6.48. The minimum absolute atomic E-state index is 0. The number of quaternary nitrogens is 1. The Balaban J connectivity index is 0.00000420. The predicted octanol–water partition coefficient (Wildman–Crippen LogP) is -0.735. The molecule has 2 rings (SSSR count). The number of methoxy groups -OCH3 is 1. The Morgan fingerprint density at radius 1 is 1.28 bits per heavy atom.